The largest absolute Gasteiger partial charge is 0.507 e. The van der Waals surface area contributed by atoms with Crippen molar-refractivity contribution in [2.75, 3.05) is 23.7 Å². The maximum absolute atomic E-state index is 12.1. The van der Waals surface area contributed by atoms with Crippen molar-refractivity contribution in [2.24, 2.45) is 5.73 Å². The molecule has 8 heteroatoms. The summed E-state index contributed by atoms with van der Waals surface area (Å²) < 4.78 is 0. The number of nitrogens with zero attached hydrogens (tertiary/aromatic N) is 2. The van der Waals surface area contributed by atoms with Crippen LogP contribution in [0.5, 0.6) is 5.75 Å². The molecule has 0 radical (unpaired) electrons. The summed E-state index contributed by atoms with van der Waals surface area (Å²) in [6, 6.07) is 12.0. The van der Waals surface area contributed by atoms with Gasteiger partial charge in [-0.15, -0.1) is 0 Å². The quantitative estimate of drug-likeness (QED) is 0.368. The number of aromatic nitrogens is 2. The standard InChI is InChI=1S/C24H30N6O2/c1-15-11-18(12-16(2)21(15)31)13-26-23-20(22(25)32)24(29-28-23)27-19-7-5-17(6-8-19)14-30-9-3-4-10-30/h5-8,11-12,31H,3-4,9-10,13-14H2,1-2H3,(H2,25,32)(H3,26,27,28,29). The summed E-state index contributed by atoms with van der Waals surface area (Å²) in [5, 5.41) is 23.5. The molecule has 2 aromatic carbocycles. The summed E-state index contributed by atoms with van der Waals surface area (Å²) in [5.74, 6) is 0.552. The molecule has 1 aliphatic rings. The number of anilines is 3. The minimum atomic E-state index is -0.576. The summed E-state index contributed by atoms with van der Waals surface area (Å²) in [4.78, 5) is 14.6. The number of nitrogens with one attached hydrogen (secondary N) is 3. The zero-order valence-electron chi connectivity index (χ0n) is 18.5. The lowest BCUT2D eigenvalue weighted by Gasteiger charge is -2.15. The van der Waals surface area contributed by atoms with Crippen molar-refractivity contribution in [1.82, 2.24) is 15.1 Å². The predicted molar refractivity (Wildman–Crippen MR) is 126 cm³/mol. The molecular formula is C24H30N6O2. The topological polar surface area (TPSA) is 119 Å². The van der Waals surface area contributed by atoms with Crippen LogP contribution in [0.25, 0.3) is 0 Å². The Morgan fingerprint density at radius 2 is 1.78 bits per heavy atom. The van der Waals surface area contributed by atoms with Gasteiger partial charge in [0.25, 0.3) is 5.91 Å². The minimum absolute atomic E-state index is 0.276. The molecule has 6 N–H and O–H groups in total. The highest BCUT2D eigenvalue weighted by molar-refractivity contribution is 6.03. The molecule has 0 unspecified atom stereocenters. The maximum Gasteiger partial charge on any atom is 0.256 e. The molecule has 0 atom stereocenters. The van der Waals surface area contributed by atoms with Crippen molar-refractivity contribution >= 4 is 23.2 Å². The van der Waals surface area contributed by atoms with Gasteiger partial charge in [-0.05, 0) is 74.2 Å². The molecule has 3 aromatic rings. The van der Waals surface area contributed by atoms with Gasteiger partial charge in [-0.2, -0.15) is 5.10 Å². The van der Waals surface area contributed by atoms with Crippen molar-refractivity contribution in [1.29, 1.82) is 0 Å². The van der Waals surface area contributed by atoms with E-state index in [2.05, 4.69) is 37.9 Å². The third-order valence-electron chi connectivity index (χ3n) is 5.85. The zero-order valence-corrected chi connectivity index (χ0v) is 18.5. The van der Waals surface area contributed by atoms with Crippen LogP contribution >= 0.6 is 0 Å². The van der Waals surface area contributed by atoms with Gasteiger partial charge in [0.15, 0.2) is 5.82 Å². The molecule has 1 aromatic heterocycles. The number of carbonyl (C=O) groups is 1. The van der Waals surface area contributed by atoms with Gasteiger partial charge >= 0.3 is 0 Å². The third-order valence-corrected chi connectivity index (χ3v) is 5.85. The number of likely N-dealkylation sites (tertiary alicyclic amines) is 1. The average Bonchev–Trinajstić information content (AvgIpc) is 3.41. The van der Waals surface area contributed by atoms with Gasteiger partial charge in [0, 0.05) is 18.8 Å². The first-order chi connectivity index (χ1) is 15.4. The normalized spacial score (nSPS) is 13.9. The van der Waals surface area contributed by atoms with Gasteiger partial charge in [0.1, 0.15) is 17.1 Å². The molecule has 0 bridgehead atoms. The average molecular weight is 435 g/mol. The van der Waals surface area contributed by atoms with E-state index in [0.29, 0.717) is 23.9 Å². The second-order valence-corrected chi connectivity index (χ2v) is 8.42. The van der Waals surface area contributed by atoms with Crippen LogP contribution in [0.4, 0.5) is 17.3 Å². The van der Waals surface area contributed by atoms with Crippen LogP contribution in [-0.4, -0.2) is 39.2 Å². The van der Waals surface area contributed by atoms with E-state index in [1.165, 1.54) is 18.4 Å². The molecule has 0 aliphatic carbocycles. The van der Waals surface area contributed by atoms with Crippen LogP contribution in [0.2, 0.25) is 0 Å². The van der Waals surface area contributed by atoms with Crippen molar-refractivity contribution < 1.29 is 9.90 Å². The Bertz CT molecular complexity index is 1080. The Hall–Kier alpha value is -3.52. The number of nitrogens with two attached hydrogens (primary N) is 1. The Labute approximate surface area is 187 Å². The fraction of sp³-hybridized carbons (Fsp3) is 0.333. The third kappa shape index (κ3) is 4.86. The Kier molecular flexibility index (Phi) is 6.32. The number of H-pyrrole nitrogens is 1. The summed E-state index contributed by atoms with van der Waals surface area (Å²) in [7, 11) is 0. The number of aryl methyl sites for hydroxylation is 2. The maximum atomic E-state index is 12.1. The van der Waals surface area contributed by atoms with E-state index in [9.17, 15) is 9.90 Å². The van der Waals surface area contributed by atoms with Gasteiger partial charge in [-0.1, -0.05) is 24.3 Å². The van der Waals surface area contributed by atoms with Crippen LogP contribution in [0.15, 0.2) is 36.4 Å². The summed E-state index contributed by atoms with van der Waals surface area (Å²) >= 11 is 0. The number of phenolic OH excluding ortho intramolecular Hbond substituents is 1. The molecule has 1 saturated heterocycles. The Morgan fingerprint density at radius 1 is 1.12 bits per heavy atom. The second kappa shape index (κ2) is 9.32. The number of hydrogen-bond acceptors (Lipinski definition) is 6. The highest BCUT2D eigenvalue weighted by Gasteiger charge is 2.19. The number of primary amides is 1. The lowest BCUT2D eigenvalue weighted by atomic mass is 10.1. The fourth-order valence-electron chi connectivity index (χ4n) is 4.17. The molecule has 32 heavy (non-hydrogen) atoms. The van der Waals surface area contributed by atoms with Crippen molar-refractivity contribution in [3.05, 3.63) is 64.2 Å². The first-order valence-electron chi connectivity index (χ1n) is 10.9. The number of carbonyl (C=O) groups excluding carboxylic acids is 1. The van der Waals surface area contributed by atoms with Crippen LogP contribution in [0.3, 0.4) is 0 Å². The monoisotopic (exact) mass is 434 g/mol. The molecule has 4 rings (SSSR count). The SMILES string of the molecule is Cc1cc(CNc2n[nH]c(Nc3ccc(CN4CCCC4)cc3)c2C(N)=O)cc(C)c1O. The highest BCUT2D eigenvalue weighted by Crippen LogP contribution is 2.27. The van der Waals surface area contributed by atoms with E-state index in [1.54, 1.807) is 0 Å². The van der Waals surface area contributed by atoms with Gasteiger partial charge in [0.2, 0.25) is 0 Å². The molecule has 8 nitrogen and oxygen atoms in total. The van der Waals surface area contributed by atoms with Crippen molar-refractivity contribution in [3.63, 3.8) is 0 Å². The molecule has 0 saturated carbocycles. The van der Waals surface area contributed by atoms with E-state index < -0.39 is 5.91 Å². The lowest BCUT2D eigenvalue weighted by molar-refractivity contribution is 0.100. The minimum Gasteiger partial charge on any atom is -0.507 e. The molecule has 2 heterocycles. The van der Waals surface area contributed by atoms with Crippen molar-refractivity contribution in [2.45, 2.75) is 39.8 Å². The number of benzene rings is 2. The molecular weight excluding hydrogens is 404 g/mol. The highest BCUT2D eigenvalue weighted by atomic mass is 16.3. The van der Waals surface area contributed by atoms with E-state index in [-0.39, 0.29) is 5.56 Å². The number of aromatic amines is 1. The van der Waals surface area contributed by atoms with Gasteiger partial charge in [0.05, 0.1) is 0 Å². The number of amides is 1. The van der Waals surface area contributed by atoms with Gasteiger partial charge in [-0.25, -0.2) is 0 Å². The molecule has 0 spiro atoms. The molecule has 1 amide bonds. The van der Waals surface area contributed by atoms with Crippen LogP contribution < -0.4 is 16.4 Å². The van der Waals surface area contributed by atoms with E-state index in [0.717, 1.165) is 42.0 Å². The van der Waals surface area contributed by atoms with Crippen molar-refractivity contribution in [3.8, 4) is 5.75 Å². The molecule has 1 aliphatic heterocycles. The lowest BCUT2D eigenvalue weighted by Crippen LogP contribution is -2.18. The van der Waals surface area contributed by atoms with E-state index in [1.807, 2.05) is 38.1 Å². The Morgan fingerprint density at radius 3 is 2.41 bits per heavy atom. The zero-order chi connectivity index (χ0) is 22.7. The van der Waals surface area contributed by atoms with Crippen LogP contribution in [-0.2, 0) is 13.1 Å². The number of rotatable bonds is 8. The fourth-order valence-corrected chi connectivity index (χ4v) is 4.17. The van der Waals surface area contributed by atoms with E-state index in [4.69, 9.17) is 5.73 Å². The number of phenols is 1. The predicted octanol–water partition coefficient (Wildman–Crippen LogP) is 3.78. The smallest absolute Gasteiger partial charge is 0.256 e. The van der Waals surface area contributed by atoms with E-state index >= 15 is 0 Å². The summed E-state index contributed by atoms with van der Waals surface area (Å²) in [6.07, 6.45) is 2.55. The first-order valence-corrected chi connectivity index (χ1v) is 10.9. The molecule has 1 fully saturated rings. The summed E-state index contributed by atoms with van der Waals surface area (Å²) in [6.45, 7) is 7.44. The van der Waals surface area contributed by atoms with Crippen LogP contribution in [0.1, 0.15) is 45.5 Å². The summed E-state index contributed by atoms with van der Waals surface area (Å²) in [5.41, 5.74) is 10.6. The Balaban J connectivity index is 1.45. The molecule has 168 valence electrons. The first kappa shape index (κ1) is 21.7. The second-order valence-electron chi connectivity index (χ2n) is 8.42. The van der Waals surface area contributed by atoms with Gasteiger partial charge in [-0.3, -0.25) is 14.8 Å². The van der Waals surface area contributed by atoms with Crippen LogP contribution in [0, 0.1) is 13.8 Å². The van der Waals surface area contributed by atoms with Gasteiger partial charge < -0.3 is 21.5 Å². The number of aromatic hydroxyl groups is 1. The number of hydrogen-bond donors (Lipinski definition) is 5.